The molecule has 3 rings (SSSR count). The topological polar surface area (TPSA) is 29.5 Å². The molecule has 0 spiro atoms. The van der Waals surface area contributed by atoms with Gasteiger partial charge in [0.25, 0.3) is 0 Å². The Bertz CT molecular complexity index is 510. The van der Waals surface area contributed by atoms with Gasteiger partial charge in [0, 0.05) is 18.0 Å². The number of carbonyl (C=O) groups excluding carboxylic acids is 1. The molecule has 0 amide bonds. The van der Waals surface area contributed by atoms with Crippen molar-refractivity contribution in [2.24, 2.45) is 5.92 Å². The van der Waals surface area contributed by atoms with E-state index in [1.54, 1.807) is 0 Å². The number of benzene rings is 1. The van der Waals surface area contributed by atoms with Crippen LogP contribution in [0.4, 0.5) is 0 Å². The van der Waals surface area contributed by atoms with Gasteiger partial charge in [-0.25, -0.2) is 0 Å². The lowest BCUT2D eigenvalue weighted by atomic mass is 9.76. The van der Waals surface area contributed by atoms with Gasteiger partial charge < -0.3 is 4.74 Å². The largest absolute Gasteiger partial charge is 0.469 e. The van der Waals surface area contributed by atoms with Crippen LogP contribution in [0.3, 0.4) is 0 Å². The number of hydrogen-bond acceptors (Lipinski definition) is 3. The molecule has 1 aromatic carbocycles. The molecule has 2 aliphatic heterocycles. The fraction of sp³-hybridized carbons (Fsp3) is 0.611. The monoisotopic (exact) mass is 287 g/mol. The third-order valence-electron chi connectivity index (χ3n) is 5.56. The van der Waals surface area contributed by atoms with E-state index in [2.05, 4.69) is 43.1 Å². The first-order chi connectivity index (χ1) is 10.2. The predicted molar refractivity (Wildman–Crippen MR) is 83.3 cm³/mol. The van der Waals surface area contributed by atoms with E-state index in [9.17, 15) is 4.79 Å². The molecule has 1 aromatic rings. The lowest BCUT2D eigenvalue weighted by molar-refractivity contribution is -0.150. The number of carbonyl (C=O) groups is 1. The van der Waals surface area contributed by atoms with Gasteiger partial charge in [0.05, 0.1) is 13.0 Å². The average molecular weight is 287 g/mol. The van der Waals surface area contributed by atoms with Gasteiger partial charge in [0.15, 0.2) is 0 Å². The quantitative estimate of drug-likeness (QED) is 0.800. The molecule has 21 heavy (non-hydrogen) atoms. The number of rotatable bonds is 3. The normalized spacial score (nSPS) is 32.1. The first-order valence-electron chi connectivity index (χ1n) is 8.04. The summed E-state index contributed by atoms with van der Waals surface area (Å²) in [5.74, 6) is 0.236. The molecule has 2 bridgehead atoms. The third-order valence-corrected chi connectivity index (χ3v) is 5.56. The number of aryl methyl sites for hydroxylation is 1. The number of nitrogens with zero attached hydrogens (tertiary/aromatic N) is 1. The van der Waals surface area contributed by atoms with Crippen molar-refractivity contribution in [2.45, 2.75) is 50.6 Å². The molecule has 3 unspecified atom stereocenters. The fourth-order valence-electron chi connectivity index (χ4n) is 4.27. The summed E-state index contributed by atoms with van der Waals surface area (Å²) in [6.07, 6.45) is 4.44. The van der Waals surface area contributed by atoms with E-state index in [4.69, 9.17) is 4.74 Å². The van der Waals surface area contributed by atoms with Gasteiger partial charge >= 0.3 is 5.97 Å². The first kappa shape index (κ1) is 14.6. The summed E-state index contributed by atoms with van der Waals surface area (Å²) in [4.78, 5) is 14.8. The van der Waals surface area contributed by atoms with Crippen molar-refractivity contribution >= 4 is 5.97 Å². The Balaban J connectivity index is 1.92. The van der Waals surface area contributed by atoms with E-state index in [1.165, 1.54) is 24.7 Å². The van der Waals surface area contributed by atoms with Crippen LogP contribution in [0.1, 0.15) is 43.2 Å². The number of ether oxygens (including phenoxy) is 1. The maximum Gasteiger partial charge on any atom is 0.310 e. The van der Waals surface area contributed by atoms with E-state index in [-0.39, 0.29) is 11.9 Å². The van der Waals surface area contributed by atoms with Crippen LogP contribution >= 0.6 is 0 Å². The summed E-state index contributed by atoms with van der Waals surface area (Å²) >= 11 is 0. The van der Waals surface area contributed by atoms with Crippen LogP contribution in [-0.2, 0) is 16.0 Å². The van der Waals surface area contributed by atoms with Crippen LogP contribution < -0.4 is 0 Å². The zero-order valence-electron chi connectivity index (χ0n) is 13.2. The second-order valence-electron chi connectivity index (χ2n) is 6.45. The minimum atomic E-state index is -0.0447. The van der Waals surface area contributed by atoms with E-state index in [1.807, 2.05) is 0 Å². The Labute approximate surface area is 127 Å². The van der Waals surface area contributed by atoms with Crippen LogP contribution in [-0.4, -0.2) is 37.1 Å². The molecule has 0 saturated carbocycles. The summed E-state index contributed by atoms with van der Waals surface area (Å²) in [6.45, 7) is 2.17. The Morgan fingerprint density at radius 1 is 1.29 bits per heavy atom. The molecule has 2 saturated heterocycles. The Hall–Kier alpha value is -1.35. The highest BCUT2D eigenvalue weighted by atomic mass is 16.5. The van der Waals surface area contributed by atoms with Crippen molar-refractivity contribution in [3.05, 3.63) is 35.4 Å². The number of piperidine rings is 1. The lowest BCUT2D eigenvalue weighted by Crippen LogP contribution is -2.49. The minimum absolute atomic E-state index is 0.0220. The lowest BCUT2D eigenvalue weighted by Gasteiger charge is -2.41. The van der Waals surface area contributed by atoms with Crippen LogP contribution in [0.15, 0.2) is 24.3 Å². The third kappa shape index (κ3) is 2.48. The Morgan fingerprint density at radius 2 is 2.00 bits per heavy atom. The molecule has 2 fully saturated rings. The van der Waals surface area contributed by atoms with Crippen LogP contribution in [0.5, 0.6) is 0 Å². The smallest absolute Gasteiger partial charge is 0.310 e. The van der Waals surface area contributed by atoms with E-state index >= 15 is 0 Å². The van der Waals surface area contributed by atoms with Gasteiger partial charge in [-0.2, -0.15) is 0 Å². The molecule has 0 aromatic heterocycles. The summed E-state index contributed by atoms with van der Waals surface area (Å²) in [5.41, 5.74) is 2.65. The highest BCUT2D eigenvalue weighted by Crippen LogP contribution is 2.46. The maximum atomic E-state index is 12.4. The summed E-state index contributed by atoms with van der Waals surface area (Å²) in [6, 6.07) is 9.78. The SMILES string of the molecule is CCc1ccc([C@H]2CC3CCC(C2C(=O)OC)N3C)cc1. The fourth-order valence-corrected chi connectivity index (χ4v) is 4.27. The van der Waals surface area contributed by atoms with E-state index in [0.717, 1.165) is 19.3 Å². The van der Waals surface area contributed by atoms with Crippen molar-refractivity contribution in [1.29, 1.82) is 0 Å². The number of fused-ring (bicyclic) bond motifs is 2. The zero-order chi connectivity index (χ0) is 15.0. The van der Waals surface area contributed by atoms with Gasteiger partial charge in [-0.05, 0) is 43.9 Å². The van der Waals surface area contributed by atoms with Crippen molar-refractivity contribution in [3.8, 4) is 0 Å². The maximum absolute atomic E-state index is 12.4. The second-order valence-corrected chi connectivity index (χ2v) is 6.45. The second kappa shape index (κ2) is 5.80. The molecule has 2 heterocycles. The van der Waals surface area contributed by atoms with Crippen molar-refractivity contribution in [3.63, 3.8) is 0 Å². The van der Waals surface area contributed by atoms with Gasteiger partial charge in [0.1, 0.15) is 0 Å². The predicted octanol–water partition coefficient (Wildman–Crippen LogP) is 2.99. The summed E-state index contributed by atoms with van der Waals surface area (Å²) in [7, 11) is 3.68. The average Bonchev–Trinajstić information content (AvgIpc) is 2.76. The Kier molecular flexibility index (Phi) is 4.03. The van der Waals surface area contributed by atoms with Crippen LogP contribution in [0.2, 0.25) is 0 Å². The molecule has 0 aliphatic carbocycles. The molecule has 3 heteroatoms. The minimum Gasteiger partial charge on any atom is -0.469 e. The number of esters is 1. The molecule has 0 radical (unpaired) electrons. The van der Waals surface area contributed by atoms with Crippen molar-refractivity contribution in [2.75, 3.05) is 14.2 Å². The zero-order valence-corrected chi connectivity index (χ0v) is 13.2. The number of hydrogen-bond donors (Lipinski definition) is 0. The van der Waals surface area contributed by atoms with Crippen LogP contribution in [0.25, 0.3) is 0 Å². The van der Waals surface area contributed by atoms with Crippen molar-refractivity contribution < 1.29 is 9.53 Å². The van der Waals surface area contributed by atoms with Crippen molar-refractivity contribution in [1.82, 2.24) is 4.90 Å². The number of methoxy groups -OCH3 is 1. The molecule has 114 valence electrons. The first-order valence-corrected chi connectivity index (χ1v) is 8.04. The van der Waals surface area contributed by atoms with Crippen LogP contribution in [0, 0.1) is 5.92 Å². The molecule has 4 atom stereocenters. The Morgan fingerprint density at radius 3 is 2.62 bits per heavy atom. The van der Waals surface area contributed by atoms with E-state index < -0.39 is 0 Å². The highest BCUT2D eigenvalue weighted by molar-refractivity contribution is 5.75. The van der Waals surface area contributed by atoms with Gasteiger partial charge in [-0.15, -0.1) is 0 Å². The summed E-state index contributed by atoms with van der Waals surface area (Å²) < 4.78 is 5.12. The van der Waals surface area contributed by atoms with Gasteiger partial charge in [-0.3, -0.25) is 9.69 Å². The standard InChI is InChI=1S/C18H25NO2/c1-4-12-5-7-13(8-6-12)15-11-14-9-10-16(19(14)2)17(15)18(20)21-3/h5-8,14-17H,4,9-11H2,1-3H3/t14?,15-,16?,17?/m1/s1. The molecule has 0 N–H and O–H groups in total. The summed E-state index contributed by atoms with van der Waals surface area (Å²) in [5, 5.41) is 0. The highest BCUT2D eigenvalue weighted by Gasteiger charge is 2.49. The van der Waals surface area contributed by atoms with E-state index in [0.29, 0.717) is 18.0 Å². The molecular weight excluding hydrogens is 262 g/mol. The molecule has 2 aliphatic rings. The molecular formula is C18H25NO2. The molecule has 3 nitrogen and oxygen atoms in total. The van der Waals surface area contributed by atoms with Gasteiger partial charge in [0.2, 0.25) is 0 Å². The van der Waals surface area contributed by atoms with Gasteiger partial charge in [-0.1, -0.05) is 31.2 Å².